The molecule has 0 atom stereocenters. The number of halogens is 1. The highest BCUT2D eigenvalue weighted by atomic mass is 19.1. The van der Waals surface area contributed by atoms with Crippen LogP contribution in [0.4, 0.5) is 15.8 Å². The fraction of sp³-hybridized carbons (Fsp3) is 0. The zero-order valence-electron chi connectivity index (χ0n) is 18.8. The fourth-order valence-corrected chi connectivity index (χ4v) is 3.97. The maximum absolute atomic E-state index is 14.2. The van der Waals surface area contributed by atoms with Crippen LogP contribution in [-0.2, 0) is 0 Å². The van der Waals surface area contributed by atoms with Crippen LogP contribution in [0.3, 0.4) is 0 Å². The van der Waals surface area contributed by atoms with Gasteiger partial charge in [-0.2, -0.15) is 0 Å². The Balaban J connectivity index is 1.67. The standard InChI is InChI=1S/C27H15FN2O7/c28-17-12-22(19(30(34)35)13-18(17)29)36-20-10-11-21(37-27(33)14-6-2-1-3-7-14)24-23(20)25(31)15-8-4-5-9-16(15)26(24)32/h1-13H,29H2. The molecule has 1 aliphatic rings. The summed E-state index contributed by atoms with van der Waals surface area (Å²) < 4.78 is 25.3. The van der Waals surface area contributed by atoms with Crippen molar-refractivity contribution in [1.29, 1.82) is 0 Å². The molecular weight excluding hydrogens is 483 g/mol. The third kappa shape index (κ3) is 4.06. The maximum Gasteiger partial charge on any atom is 0.343 e. The molecule has 182 valence electrons. The van der Waals surface area contributed by atoms with Crippen molar-refractivity contribution in [2.24, 2.45) is 0 Å². The number of esters is 1. The van der Waals surface area contributed by atoms with Gasteiger partial charge in [0, 0.05) is 23.3 Å². The molecule has 4 aromatic carbocycles. The zero-order chi connectivity index (χ0) is 26.3. The van der Waals surface area contributed by atoms with Crippen LogP contribution in [0.5, 0.6) is 17.2 Å². The number of anilines is 1. The predicted molar refractivity (Wildman–Crippen MR) is 129 cm³/mol. The molecule has 0 fully saturated rings. The lowest BCUT2D eigenvalue weighted by Gasteiger charge is -2.22. The first kappa shape index (κ1) is 23.4. The highest BCUT2D eigenvalue weighted by Crippen LogP contribution is 2.42. The van der Waals surface area contributed by atoms with E-state index in [0.717, 1.165) is 6.07 Å². The third-order valence-electron chi connectivity index (χ3n) is 5.71. The number of carbonyl (C=O) groups is 3. The van der Waals surface area contributed by atoms with E-state index in [1.54, 1.807) is 30.3 Å². The Labute approximate surface area is 208 Å². The van der Waals surface area contributed by atoms with Crippen molar-refractivity contribution < 1.29 is 33.2 Å². The summed E-state index contributed by atoms with van der Waals surface area (Å²) in [5.41, 5.74) is 4.15. The van der Waals surface area contributed by atoms with Crippen LogP contribution in [0.1, 0.15) is 42.2 Å². The summed E-state index contributed by atoms with van der Waals surface area (Å²) in [6.07, 6.45) is 0. The Bertz CT molecular complexity index is 1630. The van der Waals surface area contributed by atoms with Crippen LogP contribution >= 0.6 is 0 Å². The fourth-order valence-electron chi connectivity index (χ4n) is 3.97. The van der Waals surface area contributed by atoms with Gasteiger partial charge in [0.15, 0.2) is 11.6 Å². The largest absolute Gasteiger partial charge is 0.449 e. The van der Waals surface area contributed by atoms with Crippen molar-refractivity contribution >= 4 is 28.9 Å². The second-order valence-electron chi connectivity index (χ2n) is 7.97. The summed E-state index contributed by atoms with van der Waals surface area (Å²) in [6, 6.07) is 18.0. The normalized spacial score (nSPS) is 11.9. The smallest absolute Gasteiger partial charge is 0.343 e. The lowest BCUT2D eigenvalue weighted by atomic mass is 9.83. The first-order valence-corrected chi connectivity index (χ1v) is 10.8. The minimum Gasteiger partial charge on any atom is -0.449 e. The third-order valence-corrected chi connectivity index (χ3v) is 5.71. The van der Waals surface area contributed by atoms with E-state index >= 15 is 0 Å². The molecule has 4 aromatic rings. The molecule has 10 heteroatoms. The van der Waals surface area contributed by atoms with Crippen LogP contribution in [0.2, 0.25) is 0 Å². The lowest BCUT2D eigenvalue weighted by molar-refractivity contribution is -0.385. The summed E-state index contributed by atoms with van der Waals surface area (Å²) in [4.78, 5) is 50.4. The number of hydrogen-bond acceptors (Lipinski definition) is 8. The van der Waals surface area contributed by atoms with Gasteiger partial charge in [-0.25, -0.2) is 9.18 Å². The van der Waals surface area contributed by atoms with Gasteiger partial charge in [0.1, 0.15) is 17.3 Å². The van der Waals surface area contributed by atoms with Gasteiger partial charge in [0.25, 0.3) is 0 Å². The van der Waals surface area contributed by atoms with Gasteiger partial charge in [-0.15, -0.1) is 0 Å². The monoisotopic (exact) mass is 498 g/mol. The Hall–Kier alpha value is -5.38. The summed E-state index contributed by atoms with van der Waals surface area (Å²) in [7, 11) is 0. The van der Waals surface area contributed by atoms with E-state index in [-0.39, 0.29) is 39.3 Å². The number of carbonyl (C=O) groups excluding carboxylic acids is 3. The molecule has 0 radical (unpaired) electrons. The first-order chi connectivity index (χ1) is 17.8. The molecule has 0 amide bonds. The Kier molecular flexibility index (Phi) is 5.69. The number of nitrogens with two attached hydrogens (primary N) is 1. The number of benzene rings is 4. The molecule has 0 aliphatic heterocycles. The van der Waals surface area contributed by atoms with Crippen LogP contribution in [-0.4, -0.2) is 22.5 Å². The van der Waals surface area contributed by atoms with Gasteiger partial charge in [-0.05, 0) is 24.3 Å². The van der Waals surface area contributed by atoms with Crippen molar-refractivity contribution in [1.82, 2.24) is 0 Å². The summed E-state index contributed by atoms with van der Waals surface area (Å²) in [5, 5.41) is 11.5. The minimum atomic E-state index is -0.976. The molecule has 0 unspecified atom stereocenters. The van der Waals surface area contributed by atoms with Gasteiger partial charge < -0.3 is 15.2 Å². The van der Waals surface area contributed by atoms with Gasteiger partial charge >= 0.3 is 11.7 Å². The molecule has 0 saturated heterocycles. The van der Waals surface area contributed by atoms with Crippen LogP contribution in [0.25, 0.3) is 0 Å². The van der Waals surface area contributed by atoms with E-state index in [4.69, 9.17) is 15.2 Å². The summed E-state index contributed by atoms with van der Waals surface area (Å²) in [6.45, 7) is 0. The zero-order valence-corrected chi connectivity index (χ0v) is 18.8. The van der Waals surface area contributed by atoms with Crippen LogP contribution < -0.4 is 15.2 Å². The molecule has 0 heterocycles. The second-order valence-corrected chi connectivity index (χ2v) is 7.97. The molecule has 1 aliphatic carbocycles. The molecule has 0 bridgehead atoms. The number of nitro benzene ring substituents is 1. The number of nitrogen functional groups attached to an aromatic ring is 1. The van der Waals surface area contributed by atoms with Gasteiger partial charge in [0.2, 0.25) is 5.75 Å². The van der Waals surface area contributed by atoms with E-state index in [1.807, 2.05) is 0 Å². The SMILES string of the molecule is Nc1cc([N+](=O)[O-])c(Oc2ccc(OC(=O)c3ccccc3)c3c2C(=O)c2ccccc2C3=O)cc1F. The lowest BCUT2D eigenvalue weighted by Crippen LogP contribution is -2.23. The molecule has 37 heavy (non-hydrogen) atoms. The van der Waals surface area contributed by atoms with Crippen LogP contribution in [0.15, 0.2) is 78.9 Å². The molecule has 9 nitrogen and oxygen atoms in total. The predicted octanol–water partition coefficient (Wildman–Crippen LogP) is 5.10. The van der Waals surface area contributed by atoms with E-state index in [2.05, 4.69) is 0 Å². The average molecular weight is 498 g/mol. The van der Waals surface area contributed by atoms with Crippen molar-refractivity contribution in [3.05, 3.63) is 123 Å². The molecule has 2 N–H and O–H groups in total. The molecular formula is C27H15FN2O7. The quantitative estimate of drug-likeness (QED) is 0.116. The highest BCUT2D eigenvalue weighted by molar-refractivity contribution is 6.30. The molecule has 0 spiro atoms. The maximum atomic E-state index is 14.2. The second kappa shape index (κ2) is 9.00. The van der Waals surface area contributed by atoms with E-state index in [9.17, 15) is 28.9 Å². The number of fused-ring (bicyclic) bond motifs is 2. The number of nitro groups is 1. The first-order valence-electron chi connectivity index (χ1n) is 10.8. The summed E-state index contributed by atoms with van der Waals surface area (Å²) in [5.74, 6) is -4.02. The number of rotatable bonds is 5. The van der Waals surface area contributed by atoms with Crippen LogP contribution in [0, 0.1) is 15.9 Å². The number of nitrogens with zero attached hydrogens (tertiary/aromatic N) is 1. The van der Waals surface area contributed by atoms with Crippen molar-refractivity contribution in [2.45, 2.75) is 0 Å². The average Bonchev–Trinajstić information content (AvgIpc) is 2.90. The van der Waals surface area contributed by atoms with E-state index in [1.165, 1.54) is 36.4 Å². The number of ether oxygens (including phenoxy) is 2. The van der Waals surface area contributed by atoms with Gasteiger partial charge in [0.05, 0.1) is 27.3 Å². The Morgan fingerprint density at radius 3 is 2.00 bits per heavy atom. The topological polar surface area (TPSA) is 139 Å². The van der Waals surface area contributed by atoms with Crippen molar-refractivity contribution in [3.63, 3.8) is 0 Å². The minimum absolute atomic E-state index is 0.0642. The highest BCUT2D eigenvalue weighted by Gasteiger charge is 2.36. The molecule has 0 saturated carbocycles. The van der Waals surface area contributed by atoms with Gasteiger partial charge in [-0.1, -0.05) is 42.5 Å². The van der Waals surface area contributed by atoms with Crippen molar-refractivity contribution in [2.75, 3.05) is 5.73 Å². The van der Waals surface area contributed by atoms with E-state index in [0.29, 0.717) is 6.07 Å². The van der Waals surface area contributed by atoms with Crippen molar-refractivity contribution in [3.8, 4) is 17.2 Å². The summed E-state index contributed by atoms with van der Waals surface area (Å²) >= 11 is 0. The Morgan fingerprint density at radius 2 is 1.38 bits per heavy atom. The van der Waals surface area contributed by atoms with Gasteiger partial charge in [-0.3, -0.25) is 19.7 Å². The van der Waals surface area contributed by atoms with E-state index < -0.39 is 45.4 Å². The number of ketones is 2. The molecule has 0 aromatic heterocycles. The molecule has 5 rings (SSSR count). The Morgan fingerprint density at radius 1 is 0.811 bits per heavy atom. The number of hydrogen-bond donors (Lipinski definition) is 1.